The standard InChI is InChI=1S/C26H22Cl2N4O4S/c1-17-13-24(33)31-26(29-17)18-6-4-7-21(14-18)30-25(34)16-32(15-19-5-2-3-8-23(19)28)37(35,36)22-11-9-20(27)10-12-22/h2-14H,15-16H2,1H3,(H,30,34)(H,29,31,33). The summed E-state index contributed by atoms with van der Waals surface area (Å²) in [6.45, 7) is 1.12. The van der Waals surface area contributed by atoms with Crippen LogP contribution >= 0.6 is 23.2 Å². The van der Waals surface area contributed by atoms with E-state index in [0.29, 0.717) is 38.4 Å². The lowest BCUT2D eigenvalue weighted by molar-refractivity contribution is -0.116. The maximum absolute atomic E-state index is 13.5. The van der Waals surface area contributed by atoms with E-state index in [9.17, 15) is 18.0 Å². The van der Waals surface area contributed by atoms with Crippen LogP contribution in [0.25, 0.3) is 11.4 Å². The van der Waals surface area contributed by atoms with Crippen molar-refractivity contribution in [2.45, 2.75) is 18.4 Å². The second kappa shape index (κ2) is 11.3. The summed E-state index contributed by atoms with van der Waals surface area (Å²) in [7, 11) is -4.08. The van der Waals surface area contributed by atoms with Gasteiger partial charge in [0.15, 0.2) is 0 Å². The van der Waals surface area contributed by atoms with Gasteiger partial charge >= 0.3 is 0 Å². The van der Waals surface area contributed by atoms with Gasteiger partial charge in [-0.25, -0.2) is 13.4 Å². The van der Waals surface area contributed by atoms with Crippen molar-refractivity contribution in [1.82, 2.24) is 14.3 Å². The van der Waals surface area contributed by atoms with Crippen molar-refractivity contribution in [2.24, 2.45) is 0 Å². The third kappa shape index (κ3) is 6.64. The third-order valence-electron chi connectivity index (χ3n) is 5.37. The van der Waals surface area contributed by atoms with E-state index in [4.69, 9.17) is 23.2 Å². The number of anilines is 1. The van der Waals surface area contributed by atoms with Gasteiger partial charge in [-0.3, -0.25) is 9.59 Å². The number of H-pyrrole nitrogens is 1. The van der Waals surface area contributed by atoms with Gasteiger partial charge in [0.2, 0.25) is 15.9 Å². The Balaban J connectivity index is 1.60. The Hall–Kier alpha value is -3.50. The smallest absolute Gasteiger partial charge is 0.251 e. The van der Waals surface area contributed by atoms with Gasteiger partial charge in [-0.1, -0.05) is 53.5 Å². The first kappa shape index (κ1) is 26.6. The molecule has 0 bridgehead atoms. The summed E-state index contributed by atoms with van der Waals surface area (Å²) in [5.41, 5.74) is 1.80. The average molecular weight is 557 g/mol. The number of sulfonamides is 1. The largest absolute Gasteiger partial charge is 0.325 e. The molecule has 3 aromatic carbocycles. The SMILES string of the molecule is Cc1cc(=O)[nH]c(-c2cccc(NC(=O)CN(Cc3ccccc3Cl)S(=O)(=O)c3ccc(Cl)cc3)c2)n1. The summed E-state index contributed by atoms with van der Waals surface area (Å²) >= 11 is 12.2. The predicted octanol–water partition coefficient (Wildman–Crippen LogP) is 4.88. The third-order valence-corrected chi connectivity index (χ3v) is 7.79. The number of benzene rings is 3. The van der Waals surface area contributed by atoms with Gasteiger partial charge in [-0.05, 0) is 55.0 Å². The van der Waals surface area contributed by atoms with Crippen molar-refractivity contribution in [3.63, 3.8) is 0 Å². The molecule has 0 spiro atoms. The molecule has 0 aliphatic rings. The number of carbonyl (C=O) groups excluding carboxylic acids is 1. The van der Waals surface area contributed by atoms with Gasteiger partial charge in [0.1, 0.15) is 5.82 Å². The maximum Gasteiger partial charge on any atom is 0.251 e. The lowest BCUT2D eigenvalue weighted by Crippen LogP contribution is -2.37. The van der Waals surface area contributed by atoms with E-state index in [2.05, 4.69) is 15.3 Å². The molecule has 0 aliphatic carbocycles. The number of carbonyl (C=O) groups is 1. The molecule has 0 radical (unpaired) electrons. The summed E-state index contributed by atoms with van der Waals surface area (Å²) in [6, 6.07) is 20.6. The predicted molar refractivity (Wildman–Crippen MR) is 144 cm³/mol. The Morgan fingerprint density at radius 2 is 1.73 bits per heavy atom. The Morgan fingerprint density at radius 1 is 1.00 bits per heavy atom. The van der Waals surface area contributed by atoms with Gasteiger partial charge in [0.25, 0.3) is 5.56 Å². The molecule has 0 saturated carbocycles. The van der Waals surface area contributed by atoms with Crippen molar-refractivity contribution in [2.75, 3.05) is 11.9 Å². The summed E-state index contributed by atoms with van der Waals surface area (Å²) < 4.78 is 28.0. The molecule has 4 aromatic rings. The van der Waals surface area contributed by atoms with Gasteiger partial charge in [-0.15, -0.1) is 0 Å². The van der Waals surface area contributed by atoms with Crippen LogP contribution in [-0.2, 0) is 21.4 Å². The number of aromatic amines is 1. The van der Waals surface area contributed by atoms with Crippen molar-refractivity contribution in [3.8, 4) is 11.4 Å². The molecule has 8 nitrogen and oxygen atoms in total. The lowest BCUT2D eigenvalue weighted by atomic mass is 10.2. The first-order chi connectivity index (χ1) is 17.6. The highest BCUT2D eigenvalue weighted by Crippen LogP contribution is 2.24. The van der Waals surface area contributed by atoms with Gasteiger partial charge in [0.05, 0.1) is 11.4 Å². The van der Waals surface area contributed by atoms with Crippen LogP contribution in [0.2, 0.25) is 10.0 Å². The fourth-order valence-corrected chi connectivity index (χ4v) is 5.31. The van der Waals surface area contributed by atoms with Crippen LogP contribution in [0.3, 0.4) is 0 Å². The minimum absolute atomic E-state index is 0.00627. The van der Waals surface area contributed by atoms with E-state index in [1.54, 1.807) is 55.5 Å². The number of nitrogens with zero attached hydrogens (tertiary/aromatic N) is 2. The van der Waals surface area contributed by atoms with Crippen molar-refractivity contribution < 1.29 is 13.2 Å². The Labute approximate surface area is 224 Å². The summed E-state index contributed by atoms with van der Waals surface area (Å²) in [5.74, 6) is -0.209. The number of rotatable bonds is 8. The van der Waals surface area contributed by atoms with Gasteiger partial charge in [-0.2, -0.15) is 4.31 Å². The lowest BCUT2D eigenvalue weighted by Gasteiger charge is -2.22. The molecular weight excluding hydrogens is 535 g/mol. The van der Waals surface area contributed by atoms with Crippen molar-refractivity contribution in [3.05, 3.63) is 111 Å². The molecule has 4 rings (SSSR count). The number of hydrogen-bond acceptors (Lipinski definition) is 5. The van der Waals surface area contributed by atoms with E-state index < -0.39 is 22.5 Å². The van der Waals surface area contributed by atoms with Crippen LogP contribution in [0.15, 0.2) is 88.6 Å². The molecule has 0 saturated heterocycles. The monoisotopic (exact) mass is 556 g/mol. The molecule has 0 unspecified atom stereocenters. The zero-order valence-corrected chi connectivity index (χ0v) is 21.9. The fourth-order valence-electron chi connectivity index (χ4n) is 3.62. The van der Waals surface area contributed by atoms with Crippen molar-refractivity contribution in [1.29, 1.82) is 0 Å². The molecule has 2 N–H and O–H groups in total. The quantitative estimate of drug-likeness (QED) is 0.321. The van der Waals surface area contributed by atoms with Crippen LogP contribution in [0.5, 0.6) is 0 Å². The zero-order valence-electron chi connectivity index (χ0n) is 19.6. The van der Waals surface area contributed by atoms with Crippen LogP contribution in [0, 0.1) is 6.92 Å². The van der Waals surface area contributed by atoms with Crippen LogP contribution in [0.1, 0.15) is 11.3 Å². The average Bonchev–Trinajstić information content (AvgIpc) is 2.85. The molecule has 1 aromatic heterocycles. The van der Waals surface area contributed by atoms with E-state index in [0.717, 1.165) is 4.31 Å². The first-order valence-corrected chi connectivity index (χ1v) is 13.3. The Morgan fingerprint density at radius 3 is 2.43 bits per heavy atom. The minimum atomic E-state index is -4.08. The highest BCUT2D eigenvalue weighted by Gasteiger charge is 2.27. The number of hydrogen-bond donors (Lipinski definition) is 2. The Bertz CT molecular complexity index is 1610. The molecule has 0 fully saturated rings. The molecule has 0 atom stereocenters. The number of aromatic nitrogens is 2. The molecule has 190 valence electrons. The van der Waals surface area contributed by atoms with Gasteiger partial charge in [0, 0.05) is 39.6 Å². The molecule has 11 heteroatoms. The second-order valence-corrected chi connectivity index (χ2v) is 11.0. The van der Waals surface area contributed by atoms with E-state index in [-0.39, 0.29) is 17.0 Å². The molecular formula is C26H22Cl2N4O4S. The molecule has 37 heavy (non-hydrogen) atoms. The minimum Gasteiger partial charge on any atom is -0.325 e. The summed E-state index contributed by atoms with van der Waals surface area (Å²) in [4.78, 5) is 31.8. The van der Waals surface area contributed by atoms with Crippen LogP contribution in [-0.4, -0.2) is 35.1 Å². The van der Waals surface area contributed by atoms with Gasteiger partial charge < -0.3 is 10.3 Å². The maximum atomic E-state index is 13.5. The topological polar surface area (TPSA) is 112 Å². The summed E-state index contributed by atoms with van der Waals surface area (Å²) in [5, 5.41) is 3.49. The zero-order chi connectivity index (χ0) is 26.6. The highest BCUT2D eigenvalue weighted by atomic mass is 35.5. The van der Waals surface area contributed by atoms with Crippen LogP contribution < -0.4 is 10.9 Å². The first-order valence-electron chi connectivity index (χ1n) is 11.1. The molecule has 1 amide bonds. The summed E-state index contributed by atoms with van der Waals surface area (Å²) in [6.07, 6.45) is 0. The number of amides is 1. The van der Waals surface area contributed by atoms with Crippen molar-refractivity contribution >= 4 is 44.8 Å². The number of aryl methyl sites for hydroxylation is 1. The molecule has 1 heterocycles. The highest BCUT2D eigenvalue weighted by molar-refractivity contribution is 7.89. The fraction of sp³-hybridized carbons (Fsp3) is 0.115. The Kier molecular flexibility index (Phi) is 8.09. The van der Waals surface area contributed by atoms with E-state index in [1.165, 1.54) is 30.3 Å². The van der Waals surface area contributed by atoms with E-state index in [1.807, 2.05) is 0 Å². The van der Waals surface area contributed by atoms with Crippen LogP contribution in [0.4, 0.5) is 5.69 Å². The second-order valence-electron chi connectivity index (χ2n) is 8.18. The van der Waals surface area contributed by atoms with E-state index >= 15 is 0 Å². The number of nitrogens with one attached hydrogen (secondary N) is 2. The normalized spacial score (nSPS) is 11.5. The molecule has 0 aliphatic heterocycles. The number of halogens is 2.